The van der Waals surface area contributed by atoms with Crippen LogP contribution in [-0.4, -0.2) is 10.5 Å². The Morgan fingerprint density at radius 2 is 1.52 bits per heavy atom. The molecule has 0 atom stereocenters. The van der Waals surface area contributed by atoms with Gasteiger partial charge in [-0.25, -0.2) is 0 Å². The highest BCUT2D eigenvalue weighted by molar-refractivity contribution is 6.05. The van der Waals surface area contributed by atoms with Crippen molar-refractivity contribution in [1.29, 1.82) is 0 Å². The Hall–Kier alpha value is -4.12. The smallest absolute Gasteiger partial charge is 0.274 e. The Balaban J connectivity index is 1.69. The zero-order valence-electron chi connectivity index (χ0n) is 17.4. The fraction of sp³-hybridized carbons (Fsp3) is 0.0769. The zero-order valence-corrected chi connectivity index (χ0v) is 17.4. The van der Waals surface area contributed by atoms with Gasteiger partial charge in [-0.3, -0.25) is 9.59 Å². The molecule has 31 heavy (non-hydrogen) atoms. The van der Waals surface area contributed by atoms with E-state index in [1.54, 1.807) is 23.7 Å². The molecule has 0 radical (unpaired) electrons. The molecule has 1 amide bonds. The Morgan fingerprint density at radius 3 is 2.23 bits per heavy atom. The van der Waals surface area contributed by atoms with Gasteiger partial charge < -0.3 is 15.2 Å². The zero-order chi connectivity index (χ0) is 21.8. The van der Waals surface area contributed by atoms with Gasteiger partial charge in [-0.05, 0) is 54.4 Å². The van der Waals surface area contributed by atoms with E-state index in [0.29, 0.717) is 11.3 Å². The summed E-state index contributed by atoms with van der Waals surface area (Å²) in [6.45, 7) is 1.96. The van der Waals surface area contributed by atoms with Gasteiger partial charge in [-0.15, -0.1) is 0 Å². The normalized spacial score (nSPS) is 10.5. The van der Waals surface area contributed by atoms with E-state index in [4.69, 9.17) is 0 Å². The maximum absolute atomic E-state index is 12.7. The van der Waals surface area contributed by atoms with Crippen LogP contribution in [0.25, 0.3) is 11.1 Å². The molecule has 0 spiro atoms. The van der Waals surface area contributed by atoms with Crippen molar-refractivity contribution in [2.45, 2.75) is 6.92 Å². The molecule has 0 fully saturated rings. The lowest BCUT2D eigenvalue weighted by atomic mass is 10.00. The van der Waals surface area contributed by atoms with E-state index in [2.05, 4.69) is 10.6 Å². The summed E-state index contributed by atoms with van der Waals surface area (Å²) in [7, 11) is 1.73. The standard InChI is InChI=1S/C26H23N3O2/c1-18-22(14-9-15-23(18)28-25(30)19-10-5-3-6-11-19)20-16-24(26(31)29(2)17-20)27-21-12-7-4-8-13-21/h3-17,27H,1-2H3,(H,28,30). The van der Waals surface area contributed by atoms with Crippen molar-refractivity contribution in [2.75, 3.05) is 10.6 Å². The van der Waals surface area contributed by atoms with Crippen molar-refractivity contribution in [3.63, 3.8) is 0 Å². The second kappa shape index (κ2) is 8.71. The first-order valence-corrected chi connectivity index (χ1v) is 10.0. The molecule has 0 unspecified atom stereocenters. The fourth-order valence-corrected chi connectivity index (χ4v) is 3.49. The summed E-state index contributed by atoms with van der Waals surface area (Å²) in [5, 5.41) is 6.20. The minimum atomic E-state index is -0.159. The number of hydrogen-bond donors (Lipinski definition) is 2. The van der Waals surface area contributed by atoms with Gasteiger partial charge in [0.25, 0.3) is 11.5 Å². The first kappa shape index (κ1) is 20.2. The predicted molar refractivity (Wildman–Crippen MR) is 126 cm³/mol. The van der Waals surface area contributed by atoms with Gasteiger partial charge in [0.05, 0.1) is 0 Å². The largest absolute Gasteiger partial charge is 0.351 e. The molecule has 0 aliphatic rings. The van der Waals surface area contributed by atoms with Gasteiger partial charge in [0, 0.05) is 35.7 Å². The summed E-state index contributed by atoms with van der Waals surface area (Å²) in [5.41, 5.74) is 5.31. The second-order valence-corrected chi connectivity index (χ2v) is 7.35. The van der Waals surface area contributed by atoms with Gasteiger partial charge in [0.1, 0.15) is 5.69 Å². The molecule has 4 aromatic rings. The molecule has 5 nitrogen and oxygen atoms in total. The number of anilines is 3. The number of nitrogens with zero attached hydrogens (tertiary/aromatic N) is 1. The second-order valence-electron chi connectivity index (χ2n) is 7.35. The fourth-order valence-electron chi connectivity index (χ4n) is 3.49. The number of pyridine rings is 1. The number of amides is 1. The Labute approximate surface area is 181 Å². The first-order chi connectivity index (χ1) is 15.0. The quantitative estimate of drug-likeness (QED) is 0.467. The molecule has 1 aromatic heterocycles. The molecule has 4 rings (SSSR count). The van der Waals surface area contributed by atoms with E-state index in [-0.39, 0.29) is 11.5 Å². The maximum Gasteiger partial charge on any atom is 0.274 e. The van der Waals surface area contributed by atoms with Crippen molar-refractivity contribution in [1.82, 2.24) is 4.57 Å². The minimum absolute atomic E-state index is 0.112. The lowest BCUT2D eigenvalue weighted by molar-refractivity contribution is 0.102. The van der Waals surface area contributed by atoms with Crippen molar-refractivity contribution >= 4 is 23.0 Å². The number of carbonyl (C=O) groups excluding carboxylic acids is 1. The molecular weight excluding hydrogens is 386 g/mol. The summed E-state index contributed by atoms with van der Waals surface area (Å²) >= 11 is 0. The predicted octanol–water partition coefficient (Wildman–Crippen LogP) is 5.36. The van der Waals surface area contributed by atoms with Gasteiger partial charge >= 0.3 is 0 Å². The summed E-state index contributed by atoms with van der Waals surface area (Å²) in [6.07, 6.45) is 1.81. The summed E-state index contributed by atoms with van der Waals surface area (Å²) in [5.74, 6) is -0.159. The molecule has 0 saturated carbocycles. The molecular formula is C26H23N3O2. The Bertz CT molecular complexity index is 1280. The van der Waals surface area contributed by atoms with E-state index in [0.717, 1.165) is 28.1 Å². The number of aryl methyl sites for hydroxylation is 1. The van der Waals surface area contributed by atoms with Crippen LogP contribution in [0, 0.1) is 6.92 Å². The average Bonchev–Trinajstić information content (AvgIpc) is 2.79. The summed E-state index contributed by atoms with van der Waals surface area (Å²) < 4.78 is 1.56. The molecule has 0 bridgehead atoms. The average molecular weight is 409 g/mol. The van der Waals surface area contributed by atoms with Crippen LogP contribution in [-0.2, 0) is 7.05 Å². The van der Waals surface area contributed by atoms with Gasteiger partial charge in [-0.2, -0.15) is 0 Å². The number of para-hydroxylation sites is 1. The third kappa shape index (κ3) is 4.41. The van der Waals surface area contributed by atoms with Crippen LogP contribution >= 0.6 is 0 Å². The third-order valence-corrected chi connectivity index (χ3v) is 5.17. The maximum atomic E-state index is 12.7. The number of hydrogen-bond acceptors (Lipinski definition) is 3. The van der Waals surface area contributed by atoms with E-state index >= 15 is 0 Å². The highest BCUT2D eigenvalue weighted by Gasteiger charge is 2.13. The van der Waals surface area contributed by atoms with Gasteiger partial charge in [0.15, 0.2) is 0 Å². The number of rotatable bonds is 5. The SMILES string of the molecule is Cc1c(NC(=O)c2ccccc2)cccc1-c1cc(Nc2ccccc2)c(=O)n(C)c1. The number of carbonyl (C=O) groups is 1. The molecule has 1 heterocycles. The highest BCUT2D eigenvalue weighted by Crippen LogP contribution is 2.30. The van der Waals surface area contributed by atoms with Crippen molar-refractivity contribution in [2.24, 2.45) is 7.05 Å². The molecule has 154 valence electrons. The summed E-state index contributed by atoms with van der Waals surface area (Å²) in [4.78, 5) is 25.3. The van der Waals surface area contributed by atoms with Crippen LogP contribution in [0.4, 0.5) is 17.1 Å². The van der Waals surface area contributed by atoms with E-state index in [9.17, 15) is 9.59 Å². The van der Waals surface area contributed by atoms with Crippen molar-refractivity contribution < 1.29 is 4.79 Å². The third-order valence-electron chi connectivity index (χ3n) is 5.17. The Kier molecular flexibility index (Phi) is 5.67. The lowest BCUT2D eigenvalue weighted by Gasteiger charge is -2.15. The summed E-state index contributed by atoms with van der Waals surface area (Å²) in [6, 6.07) is 26.3. The topological polar surface area (TPSA) is 63.1 Å². The lowest BCUT2D eigenvalue weighted by Crippen LogP contribution is -2.19. The molecule has 2 N–H and O–H groups in total. The molecule has 0 aliphatic heterocycles. The van der Waals surface area contributed by atoms with Crippen LogP contribution < -0.4 is 16.2 Å². The molecule has 3 aromatic carbocycles. The number of nitrogens with one attached hydrogen (secondary N) is 2. The molecule has 5 heteroatoms. The number of aromatic nitrogens is 1. The van der Waals surface area contributed by atoms with Gasteiger partial charge in [-0.1, -0.05) is 48.5 Å². The van der Waals surface area contributed by atoms with Crippen molar-refractivity contribution in [3.8, 4) is 11.1 Å². The molecule has 0 saturated heterocycles. The highest BCUT2D eigenvalue weighted by atomic mass is 16.1. The van der Waals surface area contributed by atoms with Crippen LogP contribution in [0.3, 0.4) is 0 Å². The first-order valence-electron chi connectivity index (χ1n) is 10.0. The van der Waals surface area contributed by atoms with Crippen molar-refractivity contribution in [3.05, 3.63) is 113 Å². The van der Waals surface area contributed by atoms with Crippen LogP contribution in [0.1, 0.15) is 15.9 Å². The van der Waals surface area contributed by atoms with E-state index < -0.39 is 0 Å². The minimum Gasteiger partial charge on any atom is -0.351 e. The van der Waals surface area contributed by atoms with Crippen LogP contribution in [0.2, 0.25) is 0 Å². The van der Waals surface area contributed by atoms with E-state index in [1.165, 1.54) is 0 Å². The van der Waals surface area contributed by atoms with Crippen LogP contribution in [0.15, 0.2) is 95.9 Å². The molecule has 0 aliphatic carbocycles. The number of benzene rings is 3. The van der Waals surface area contributed by atoms with Gasteiger partial charge in [0.2, 0.25) is 0 Å². The van der Waals surface area contributed by atoms with E-state index in [1.807, 2.05) is 85.9 Å². The van der Waals surface area contributed by atoms with Crippen LogP contribution in [0.5, 0.6) is 0 Å². The monoisotopic (exact) mass is 409 g/mol. The Morgan fingerprint density at radius 1 is 0.839 bits per heavy atom.